The Balaban J connectivity index is 2.33. The highest BCUT2D eigenvalue weighted by atomic mass is 16.5. The fourth-order valence-corrected chi connectivity index (χ4v) is 1.77. The molecule has 1 fully saturated rings. The van der Waals surface area contributed by atoms with Crippen LogP contribution in [0.5, 0.6) is 0 Å². The van der Waals surface area contributed by atoms with Crippen molar-refractivity contribution in [2.75, 3.05) is 19.8 Å². The van der Waals surface area contributed by atoms with Crippen molar-refractivity contribution in [3.05, 3.63) is 0 Å². The monoisotopic (exact) mass is 244 g/mol. The molecule has 0 saturated carbocycles. The van der Waals surface area contributed by atoms with Crippen LogP contribution in [0.25, 0.3) is 0 Å². The molecule has 1 amide bonds. The predicted octanol–water partition coefficient (Wildman–Crippen LogP) is -0.266. The molecule has 1 aliphatic rings. The van der Waals surface area contributed by atoms with Crippen LogP contribution in [-0.4, -0.2) is 48.8 Å². The Morgan fingerprint density at radius 3 is 2.88 bits per heavy atom. The normalized spacial score (nSPS) is 21.8. The van der Waals surface area contributed by atoms with Gasteiger partial charge in [0.15, 0.2) is 0 Å². The summed E-state index contributed by atoms with van der Waals surface area (Å²) in [5.74, 6) is -1.22. The van der Waals surface area contributed by atoms with Crippen LogP contribution >= 0.6 is 0 Å². The fraction of sp³-hybridized carbons (Fsp3) is 0.818. The molecule has 2 atom stereocenters. The van der Waals surface area contributed by atoms with Crippen molar-refractivity contribution < 1.29 is 19.4 Å². The van der Waals surface area contributed by atoms with Crippen LogP contribution in [0.2, 0.25) is 0 Å². The largest absolute Gasteiger partial charge is 0.480 e. The van der Waals surface area contributed by atoms with Crippen LogP contribution < -0.4 is 10.6 Å². The molecule has 3 N–H and O–H groups in total. The minimum Gasteiger partial charge on any atom is -0.480 e. The van der Waals surface area contributed by atoms with Gasteiger partial charge in [-0.1, -0.05) is 13.3 Å². The number of carboxylic acid groups (broad SMARTS) is 1. The van der Waals surface area contributed by atoms with E-state index < -0.39 is 12.0 Å². The Morgan fingerprint density at radius 2 is 2.35 bits per heavy atom. The number of nitrogens with one attached hydrogen (secondary N) is 2. The van der Waals surface area contributed by atoms with E-state index in [1.54, 1.807) is 0 Å². The highest BCUT2D eigenvalue weighted by Gasteiger charge is 2.22. The lowest BCUT2D eigenvalue weighted by atomic mass is 10.1. The molecule has 1 heterocycles. The third kappa shape index (κ3) is 5.14. The van der Waals surface area contributed by atoms with Crippen molar-refractivity contribution in [1.29, 1.82) is 0 Å². The van der Waals surface area contributed by atoms with E-state index in [0.717, 1.165) is 13.0 Å². The highest BCUT2D eigenvalue weighted by molar-refractivity contribution is 5.83. The molecule has 6 heteroatoms. The van der Waals surface area contributed by atoms with Crippen molar-refractivity contribution in [2.45, 2.75) is 38.3 Å². The van der Waals surface area contributed by atoms with E-state index in [1.807, 2.05) is 6.92 Å². The summed E-state index contributed by atoms with van der Waals surface area (Å²) in [6.45, 7) is 3.78. The first kappa shape index (κ1) is 13.9. The van der Waals surface area contributed by atoms with Crippen LogP contribution in [0.4, 0.5) is 0 Å². The molecule has 0 spiro atoms. The first-order chi connectivity index (χ1) is 8.13. The number of morpholine rings is 1. The van der Waals surface area contributed by atoms with Gasteiger partial charge in [0.2, 0.25) is 5.91 Å². The molecule has 1 unspecified atom stereocenters. The summed E-state index contributed by atoms with van der Waals surface area (Å²) in [5.41, 5.74) is 0. The van der Waals surface area contributed by atoms with E-state index in [-0.39, 0.29) is 18.4 Å². The van der Waals surface area contributed by atoms with Crippen molar-refractivity contribution in [1.82, 2.24) is 10.6 Å². The van der Waals surface area contributed by atoms with Crippen LogP contribution in [-0.2, 0) is 14.3 Å². The molecule has 0 radical (unpaired) electrons. The van der Waals surface area contributed by atoms with Gasteiger partial charge in [-0.05, 0) is 6.42 Å². The average molecular weight is 244 g/mol. The SMILES string of the molecule is CCC[C@H](NC(=O)CC1COCCN1)C(=O)O. The molecular weight excluding hydrogens is 224 g/mol. The van der Waals surface area contributed by atoms with Gasteiger partial charge in [-0.25, -0.2) is 4.79 Å². The van der Waals surface area contributed by atoms with Gasteiger partial charge in [0.1, 0.15) is 6.04 Å². The van der Waals surface area contributed by atoms with E-state index in [2.05, 4.69) is 10.6 Å². The van der Waals surface area contributed by atoms with Gasteiger partial charge in [-0.3, -0.25) is 4.79 Å². The van der Waals surface area contributed by atoms with E-state index in [9.17, 15) is 9.59 Å². The number of hydrogen-bond donors (Lipinski definition) is 3. The van der Waals surface area contributed by atoms with Gasteiger partial charge < -0.3 is 20.5 Å². The third-order valence-electron chi connectivity index (χ3n) is 2.64. The van der Waals surface area contributed by atoms with Gasteiger partial charge in [0.05, 0.1) is 13.2 Å². The number of ether oxygens (including phenoxy) is 1. The zero-order chi connectivity index (χ0) is 12.7. The smallest absolute Gasteiger partial charge is 0.326 e. The molecule has 0 aromatic rings. The molecule has 1 aliphatic heterocycles. The van der Waals surface area contributed by atoms with Crippen LogP contribution in [0.1, 0.15) is 26.2 Å². The second-order valence-electron chi connectivity index (χ2n) is 4.18. The number of aliphatic carboxylic acids is 1. The second-order valence-corrected chi connectivity index (χ2v) is 4.18. The summed E-state index contributed by atoms with van der Waals surface area (Å²) in [6, 6.07) is -0.795. The quantitative estimate of drug-likeness (QED) is 0.599. The summed E-state index contributed by atoms with van der Waals surface area (Å²) < 4.78 is 5.22. The lowest BCUT2D eigenvalue weighted by molar-refractivity contribution is -0.142. The van der Waals surface area contributed by atoms with Crippen molar-refractivity contribution >= 4 is 11.9 Å². The van der Waals surface area contributed by atoms with Gasteiger partial charge in [-0.15, -0.1) is 0 Å². The summed E-state index contributed by atoms with van der Waals surface area (Å²) in [5, 5.41) is 14.6. The Hall–Kier alpha value is -1.14. The molecule has 6 nitrogen and oxygen atoms in total. The predicted molar refractivity (Wildman–Crippen MR) is 61.7 cm³/mol. The van der Waals surface area contributed by atoms with Gasteiger partial charge in [0, 0.05) is 19.0 Å². The number of carbonyl (C=O) groups excluding carboxylic acids is 1. The lowest BCUT2D eigenvalue weighted by Gasteiger charge is -2.24. The highest BCUT2D eigenvalue weighted by Crippen LogP contribution is 2.01. The minimum absolute atomic E-state index is 0.0141. The van der Waals surface area contributed by atoms with Crippen molar-refractivity contribution in [3.63, 3.8) is 0 Å². The van der Waals surface area contributed by atoms with E-state index in [1.165, 1.54) is 0 Å². The summed E-state index contributed by atoms with van der Waals surface area (Å²) in [7, 11) is 0. The Labute approximate surface area is 101 Å². The molecule has 0 aromatic heterocycles. The first-order valence-electron chi connectivity index (χ1n) is 5.96. The molecule has 1 rings (SSSR count). The van der Waals surface area contributed by atoms with Crippen LogP contribution in [0.3, 0.4) is 0 Å². The number of hydrogen-bond acceptors (Lipinski definition) is 4. The molecule has 0 bridgehead atoms. The molecule has 0 aromatic carbocycles. The van der Waals surface area contributed by atoms with Crippen LogP contribution in [0.15, 0.2) is 0 Å². The molecule has 0 aliphatic carbocycles. The van der Waals surface area contributed by atoms with E-state index >= 15 is 0 Å². The number of carboxylic acids is 1. The Bertz CT molecular complexity index is 264. The van der Waals surface area contributed by atoms with E-state index in [0.29, 0.717) is 19.6 Å². The Kier molecular flexibility index (Phi) is 5.93. The summed E-state index contributed by atoms with van der Waals surface area (Å²) >= 11 is 0. The van der Waals surface area contributed by atoms with Crippen LogP contribution in [0, 0.1) is 0 Å². The molecular formula is C11H20N2O4. The molecule has 17 heavy (non-hydrogen) atoms. The third-order valence-corrected chi connectivity index (χ3v) is 2.64. The number of amides is 1. The van der Waals surface area contributed by atoms with Gasteiger partial charge in [0.25, 0.3) is 0 Å². The fourth-order valence-electron chi connectivity index (χ4n) is 1.77. The van der Waals surface area contributed by atoms with Gasteiger partial charge in [-0.2, -0.15) is 0 Å². The zero-order valence-corrected chi connectivity index (χ0v) is 10.1. The second kappa shape index (κ2) is 7.24. The maximum Gasteiger partial charge on any atom is 0.326 e. The summed E-state index contributed by atoms with van der Waals surface area (Å²) in [6.07, 6.45) is 1.44. The average Bonchev–Trinajstić information content (AvgIpc) is 2.29. The van der Waals surface area contributed by atoms with Crippen molar-refractivity contribution in [2.24, 2.45) is 0 Å². The lowest BCUT2D eigenvalue weighted by Crippen LogP contribution is -2.47. The number of rotatable bonds is 6. The molecule has 98 valence electrons. The zero-order valence-electron chi connectivity index (χ0n) is 10.1. The molecule has 1 saturated heterocycles. The van der Waals surface area contributed by atoms with Gasteiger partial charge >= 0.3 is 5.97 Å². The maximum atomic E-state index is 11.6. The topological polar surface area (TPSA) is 87.7 Å². The summed E-state index contributed by atoms with van der Waals surface area (Å²) in [4.78, 5) is 22.5. The first-order valence-corrected chi connectivity index (χ1v) is 5.96. The Morgan fingerprint density at radius 1 is 1.59 bits per heavy atom. The van der Waals surface area contributed by atoms with E-state index in [4.69, 9.17) is 9.84 Å². The standard InChI is InChI=1S/C11H20N2O4/c1-2-3-9(11(15)16)13-10(14)6-8-7-17-5-4-12-8/h8-9,12H,2-7H2,1H3,(H,13,14)(H,15,16)/t8?,9-/m0/s1. The number of carbonyl (C=O) groups is 2. The minimum atomic E-state index is -0.979. The van der Waals surface area contributed by atoms with Crippen molar-refractivity contribution in [3.8, 4) is 0 Å². The maximum absolute atomic E-state index is 11.6.